The standard InChI is InChI=1S/C19H23NO6S/c1-20(15-7-10-17(25-3)18(13-15)26-4)19(21)14-5-8-16(9-6-14)27(22,23)12-11-24-2/h5-10,13H,11-12H2,1-4H3. The maximum Gasteiger partial charge on any atom is 0.258 e. The maximum atomic E-state index is 12.7. The number of carbonyl (C=O) groups is 1. The molecule has 0 fully saturated rings. The highest BCUT2D eigenvalue weighted by Crippen LogP contribution is 2.31. The molecule has 0 bridgehead atoms. The Morgan fingerprint density at radius 1 is 0.963 bits per heavy atom. The molecule has 0 saturated heterocycles. The van der Waals surface area contributed by atoms with Crippen molar-refractivity contribution in [2.24, 2.45) is 0 Å². The fourth-order valence-corrected chi connectivity index (χ4v) is 3.63. The van der Waals surface area contributed by atoms with Crippen LogP contribution >= 0.6 is 0 Å². The topological polar surface area (TPSA) is 82.1 Å². The number of sulfone groups is 1. The van der Waals surface area contributed by atoms with Crippen molar-refractivity contribution in [2.45, 2.75) is 4.90 Å². The third kappa shape index (κ3) is 4.78. The Labute approximate surface area is 159 Å². The minimum Gasteiger partial charge on any atom is -0.493 e. The lowest BCUT2D eigenvalue weighted by molar-refractivity contribution is 0.0993. The van der Waals surface area contributed by atoms with Crippen molar-refractivity contribution in [3.8, 4) is 11.5 Å². The van der Waals surface area contributed by atoms with Crippen LogP contribution in [0.1, 0.15) is 10.4 Å². The first-order valence-electron chi connectivity index (χ1n) is 8.16. The van der Waals surface area contributed by atoms with Crippen molar-refractivity contribution in [3.05, 3.63) is 48.0 Å². The molecule has 0 aliphatic heterocycles. The smallest absolute Gasteiger partial charge is 0.258 e. The molecule has 2 rings (SSSR count). The van der Waals surface area contributed by atoms with Gasteiger partial charge < -0.3 is 19.1 Å². The second-order valence-corrected chi connectivity index (χ2v) is 7.85. The number of amides is 1. The molecule has 0 heterocycles. The summed E-state index contributed by atoms with van der Waals surface area (Å²) in [6.07, 6.45) is 0. The van der Waals surface area contributed by atoms with Gasteiger partial charge in [-0.1, -0.05) is 0 Å². The van der Waals surface area contributed by atoms with E-state index in [-0.39, 0.29) is 23.2 Å². The first kappa shape index (κ1) is 20.7. The zero-order chi connectivity index (χ0) is 20.0. The highest BCUT2D eigenvalue weighted by Gasteiger charge is 2.18. The molecule has 0 aromatic heterocycles. The predicted octanol–water partition coefficient (Wildman–Crippen LogP) is 2.40. The number of anilines is 1. The van der Waals surface area contributed by atoms with Crippen LogP contribution in [-0.2, 0) is 14.6 Å². The normalized spacial score (nSPS) is 11.1. The quantitative estimate of drug-likeness (QED) is 0.685. The first-order chi connectivity index (χ1) is 12.8. The molecule has 7 nitrogen and oxygen atoms in total. The summed E-state index contributed by atoms with van der Waals surface area (Å²) in [7, 11) is 2.70. The molecule has 0 N–H and O–H groups in total. The molecule has 8 heteroatoms. The number of benzene rings is 2. The second kappa shape index (κ2) is 8.88. The van der Waals surface area contributed by atoms with Gasteiger partial charge in [-0.2, -0.15) is 0 Å². The van der Waals surface area contributed by atoms with Gasteiger partial charge in [0.1, 0.15) is 0 Å². The average Bonchev–Trinajstić information content (AvgIpc) is 2.70. The molecule has 2 aromatic rings. The van der Waals surface area contributed by atoms with E-state index in [0.29, 0.717) is 22.7 Å². The summed E-state index contributed by atoms with van der Waals surface area (Å²) in [4.78, 5) is 14.3. The predicted molar refractivity (Wildman–Crippen MR) is 103 cm³/mol. The largest absolute Gasteiger partial charge is 0.493 e. The van der Waals surface area contributed by atoms with Crippen LogP contribution in [0.25, 0.3) is 0 Å². The molecule has 0 unspecified atom stereocenters. The van der Waals surface area contributed by atoms with Crippen molar-refractivity contribution >= 4 is 21.4 Å². The van der Waals surface area contributed by atoms with Crippen LogP contribution in [-0.4, -0.2) is 55.1 Å². The van der Waals surface area contributed by atoms with Crippen molar-refractivity contribution in [1.29, 1.82) is 0 Å². The van der Waals surface area contributed by atoms with Crippen LogP contribution in [0.3, 0.4) is 0 Å². The second-order valence-electron chi connectivity index (χ2n) is 5.74. The van der Waals surface area contributed by atoms with Gasteiger partial charge in [-0.15, -0.1) is 0 Å². The molecule has 0 radical (unpaired) electrons. The summed E-state index contributed by atoms with van der Waals surface area (Å²) in [5.41, 5.74) is 0.993. The number of hydrogen-bond acceptors (Lipinski definition) is 6. The van der Waals surface area contributed by atoms with Gasteiger partial charge in [-0.25, -0.2) is 8.42 Å². The van der Waals surface area contributed by atoms with Crippen molar-refractivity contribution < 1.29 is 27.4 Å². The van der Waals surface area contributed by atoms with E-state index in [9.17, 15) is 13.2 Å². The average molecular weight is 393 g/mol. The van der Waals surface area contributed by atoms with Crippen molar-refractivity contribution in [2.75, 3.05) is 45.6 Å². The van der Waals surface area contributed by atoms with Crippen LogP contribution in [0, 0.1) is 0 Å². The van der Waals surface area contributed by atoms with Crippen LogP contribution in [0.2, 0.25) is 0 Å². The molecule has 0 aliphatic rings. The number of methoxy groups -OCH3 is 3. The van der Waals surface area contributed by atoms with E-state index in [4.69, 9.17) is 14.2 Å². The number of rotatable bonds is 8. The zero-order valence-corrected chi connectivity index (χ0v) is 16.6. The van der Waals surface area contributed by atoms with E-state index in [1.165, 1.54) is 50.5 Å². The highest BCUT2D eigenvalue weighted by atomic mass is 32.2. The van der Waals surface area contributed by atoms with Crippen molar-refractivity contribution in [3.63, 3.8) is 0 Å². The molecule has 27 heavy (non-hydrogen) atoms. The van der Waals surface area contributed by atoms with Crippen LogP contribution in [0.15, 0.2) is 47.4 Å². The summed E-state index contributed by atoms with van der Waals surface area (Å²) >= 11 is 0. The lowest BCUT2D eigenvalue weighted by Crippen LogP contribution is -2.26. The zero-order valence-electron chi connectivity index (χ0n) is 15.8. The fourth-order valence-electron chi connectivity index (χ4n) is 2.46. The fraction of sp³-hybridized carbons (Fsp3) is 0.316. The van der Waals surface area contributed by atoms with Gasteiger partial charge in [0, 0.05) is 31.5 Å². The van der Waals surface area contributed by atoms with Crippen LogP contribution in [0.5, 0.6) is 11.5 Å². The Bertz CT molecular complexity index is 893. The Morgan fingerprint density at radius 2 is 1.59 bits per heavy atom. The first-order valence-corrected chi connectivity index (χ1v) is 9.81. The van der Waals surface area contributed by atoms with Crippen LogP contribution in [0.4, 0.5) is 5.69 Å². The molecular formula is C19H23NO6S. The lowest BCUT2D eigenvalue weighted by atomic mass is 10.2. The van der Waals surface area contributed by atoms with E-state index in [1.54, 1.807) is 25.2 Å². The van der Waals surface area contributed by atoms with Gasteiger partial charge in [0.2, 0.25) is 0 Å². The molecule has 0 saturated carbocycles. The van der Waals surface area contributed by atoms with Gasteiger partial charge in [0.05, 0.1) is 31.5 Å². The number of carbonyl (C=O) groups excluding carboxylic acids is 1. The van der Waals surface area contributed by atoms with Gasteiger partial charge in [0.25, 0.3) is 5.91 Å². The van der Waals surface area contributed by atoms with E-state index >= 15 is 0 Å². The third-order valence-electron chi connectivity index (χ3n) is 4.08. The molecule has 2 aromatic carbocycles. The Kier molecular flexibility index (Phi) is 6.81. The van der Waals surface area contributed by atoms with E-state index < -0.39 is 9.84 Å². The molecule has 0 aliphatic carbocycles. The summed E-state index contributed by atoms with van der Waals surface area (Å²) in [6.45, 7) is 0.116. The Balaban J connectivity index is 2.22. The summed E-state index contributed by atoms with van der Waals surface area (Å²) in [6, 6.07) is 11.0. The number of nitrogens with zero attached hydrogens (tertiary/aromatic N) is 1. The van der Waals surface area contributed by atoms with Gasteiger partial charge in [-0.3, -0.25) is 4.79 Å². The molecule has 1 amide bonds. The Morgan fingerprint density at radius 3 is 2.15 bits per heavy atom. The lowest BCUT2D eigenvalue weighted by Gasteiger charge is -2.19. The minimum absolute atomic E-state index is 0.109. The highest BCUT2D eigenvalue weighted by molar-refractivity contribution is 7.91. The van der Waals surface area contributed by atoms with Gasteiger partial charge in [0.15, 0.2) is 21.3 Å². The number of ether oxygens (including phenoxy) is 3. The van der Waals surface area contributed by atoms with Crippen molar-refractivity contribution in [1.82, 2.24) is 0 Å². The molecule has 0 spiro atoms. The van der Waals surface area contributed by atoms with Gasteiger partial charge in [-0.05, 0) is 36.4 Å². The van der Waals surface area contributed by atoms with Crippen LogP contribution < -0.4 is 14.4 Å². The molecule has 0 atom stereocenters. The summed E-state index contributed by atoms with van der Waals surface area (Å²) < 4.78 is 39.6. The molecular weight excluding hydrogens is 370 g/mol. The molecule has 146 valence electrons. The summed E-state index contributed by atoms with van der Waals surface area (Å²) in [5.74, 6) is 0.688. The van der Waals surface area contributed by atoms with E-state index in [2.05, 4.69) is 0 Å². The maximum absolute atomic E-state index is 12.7. The summed E-state index contributed by atoms with van der Waals surface area (Å²) in [5, 5.41) is 0. The third-order valence-corrected chi connectivity index (χ3v) is 5.77. The van der Waals surface area contributed by atoms with Gasteiger partial charge >= 0.3 is 0 Å². The monoisotopic (exact) mass is 393 g/mol. The number of hydrogen-bond donors (Lipinski definition) is 0. The Hall–Kier alpha value is -2.58. The van der Waals surface area contributed by atoms with E-state index in [0.717, 1.165) is 0 Å². The van der Waals surface area contributed by atoms with E-state index in [1.807, 2.05) is 0 Å². The minimum atomic E-state index is -3.43. The SMILES string of the molecule is COCCS(=O)(=O)c1ccc(C(=O)N(C)c2ccc(OC)c(OC)c2)cc1.